The number of nitrogens with zero attached hydrogens (tertiary/aromatic N) is 1. The SMILES string of the molecule is C=CCN(O)C(C)OCC. The summed E-state index contributed by atoms with van der Waals surface area (Å²) in [5, 5.41) is 10.2. The minimum Gasteiger partial charge on any atom is -0.362 e. The lowest BCUT2D eigenvalue weighted by atomic mass is 10.5. The molecule has 0 saturated carbocycles. The minimum absolute atomic E-state index is 0.247. The van der Waals surface area contributed by atoms with Gasteiger partial charge >= 0.3 is 0 Å². The van der Waals surface area contributed by atoms with Crippen LogP contribution in [-0.2, 0) is 4.74 Å². The van der Waals surface area contributed by atoms with Crippen LogP contribution in [0.1, 0.15) is 13.8 Å². The lowest BCUT2D eigenvalue weighted by molar-refractivity contribution is -0.200. The molecule has 10 heavy (non-hydrogen) atoms. The number of hydroxylamine groups is 2. The second-order valence-electron chi connectivity index (χ2n) is 1.97. The third kappa shape index (κ3) is 3.61. The van der Waals surface area contributed by atoms with Crippen molar-refractivity contribution in [1.29, 1.82) is 0 Å². The zero-order valence-electron chi connectivity index (χ0n) is 6.58. The van der Waals surface area contributed by atoms with E-state index in [4.69, 9.17) is 9.94 Å². The Morgan fingerprint density at radius 2 is 2.40 bits per heavy atom. The van der Waals surface area contributed by atoms with Crippen LogP contribution in [0, 0.1) is 0 Å². The van der Waals surface area contributed by atoms with E-state index >= 15 is 0 Å². The smallest absolute Gasteiger partial charge is 0.130 e. The Kier molecular flexibility index (Phi) is 5.20. The maximum atomic E-state index is 9.09. The molecule has 0 aliphatic rings. The van der Waals surface area contributed by atoms with E-state index in [1.54, 1.807) is 13.0 Å². The lowest BCUT2D eigenvalue weighted by Crippen LogP contribution is -2.32. The molecule has 1 unspecified atom stereocenters. The summed E-state index contributed by atoms with van der Waals surface area (Å²) in [4.78, 5) is 0. The molecule has 0 aliphatic heterocycles. The van der Waals surface area contributed by atoms with E-state index in [1.165, 1.54) is 0 Å². The van der Waals surface area contributed by atoms with Gasteiger partial charge in [-0.15, -0.1) is 6.58 Å². The second kappa shape index (κ2) is 5.41. The summed E-state index contributed by atoms with van der Waals surface area (Å²) in [6.45, 7) is 8.20. The fraction of sp³-hybridized carbons (Fsp3) is 0.714. The van der Waals surface area contributed by atoms with Crippen LogP contribution in [0.15, 0.2) is 12.7 Å². The van der Waals surface area contributed by atoms with E-state index in [-0.39, 0.29) is 6.23 Å². The Morgan fingerprint density at radius 1 is 1.80 bits per heavy atom. The Labute approximate surface area is 61.9 Å². The molecule has 1 atom stereocenters. The summed E-state index contributed by atoms with van der Waals surface area (Å²) in [5.74, 6) is 0. The normalized spacial score (nSPS) is 13.6. The average Bonchev–Trinajstić information content (AvgIpc) is 1.89. The predicted molar refractivity (Wildman–Crippen MR) is 39.8 cm³/mol. The molecule has 0 rings (SSSR count). The highest BCUT2D eigenvalue weighted by Crippen LogP contribution is 1.95. The zero-order chi connectivity index (χ0) is 7.98. The Balaban J connectivity index is 3.47. The molecule has 3 heteroatoms. The zero-order valence-corrected chi connectivity index (χ0v) is 6.58. The van der Waals surface area contributed by atoms with Crippen LogP contribution in [0.4, 0.5) is 0 Å². The van der Waals surface area contributed by atoms with Crippen molar-refractivity contribution in [3.8, 4) is 0 Å². The molecule has 0 aromatic rings. The molecule has 0 fully saturated rings. The van der Waals surface area contributed by atoms with Crippen molar-refractivity contribution in [2.45, 2.75) is 20.1 Å². The van der Waals surface area contributed by atoms with Crippen molar-refractivity contribution in [3.05, 3.63) is 12.7 Å². The van der Waals surface area contributed by atoms with Crippen LogP contribution in [0.25, 0.3) is 0 Å². The highest BCUT2D eigenvalue weighted by atomic mass is 16.6. The molecule has 0 aromatic heterocycles. The summed E-state index contributed by atoms with van der Waals surface area (Å²) in [6, 6.07) is 0. The fourth-order valence-electron chi connectivity index (χ4n) is 0.608. The lowest BCUT2D eigenvalue weighted by Gasteiger charge is -2.20. The largest absolute Gasteiger partial charge is 0.362 e. The topological polar surface area (TPSA) is 32.7 Å². The Morgan fingerprint density at radius 3 is 2.80 bits per heavy atom. The first-order valence-electron chi connectivity index (χ1n) is 3.40. The monoisotopic (exact) mass is 145 g/mol. The van der Waals surface area contributed by atoms with Crippen LogP contribution in [0.2, 0.25) is 0 Å². The number of ether oxygens (including phenoxy) is 1. The number of rotatable bonds is 5. The quantitative estimate of drug-likeness (QED) is 0.359. The van der Waals surface area contributed by atoms with Gasteiger partial charge in [0, 0.05) is 13.2 Å². The molecule has 3 nitrogen and oxygen atoms in total. The third-order valence-corrected chi connectivity index (χ3v) is 1.14. The van der Waals surface area contributed by atoms with Gasteiger partial charge in [-0.2, -0.15) is 5.06 Å². The van der Waals surface area contributed by atoms with Crippen LogP contribution in [0.5, 0.6) is 0 Å². The molecule has 0 aromatic carbocycles. The third-order valence-electron chi connectivity index (χ3n) is 1.14. The molecule has 0 bridgehead atoms. The van der Waals surface area contributed by atoms with Gasteiger partial charge in [-0.05, 0) is 13.8 Å². The molecule has 0 radical (unpaired) electrons. The van der Waals surface area contributed by atoms with Gasteiger partial charge in [0.25, 0.3) is 0 Å². The van der Waals surface area contributed by atoms with Crippen molar-refractivity contribution >= 4 is 0 Å². The van der Waals surface area contributed by atoms with Crippen molar-refractivity contribution in [2.75, 3.05) is 13.2 Å². The highest BCUT2D eigenvalue weighted by molar-refractivity contribution is 4.69. The first-order valence-corrected chi connectivity index (χ1v) is 3.40. The predicted octanol–water partition coefficient (Wildman–Crippen LogP) is 1.25. The fourth-order valence-corrected chi connectivity index (χ4v) is 0.608. The average molecular weight is 145 g/mol. The van der Waals surface area contributed by atoms with Crippen molar-refractivity contribution in [3.63, 3.8) is 0 Å². The van der Waals surface area contributed by atoms with Crippen LogP contribution < -0.4 is 0 Å². The van der Waals surface area contributed by atoms with Crippen molar-refractivity contribution in [1.82, 2.24) is 5.06 Å². The number of hydrogen-bond donors (Lipinski definition) is 1. The number of hydrogen-bond acceptors (Lipinski definition) is 3. The van der Waals surface area contributed by atoms with Gasteiger partial charge in [0.05, 0.1) is 0 Å². The molecule has 0 saturated heterocycles. The summed E-state index contributed by atoms with van der Waals surface area (Å²) >= 11 is 0. The molecule has 1 N–H and O–H groups in total. The molecule has 0 spiro atoms. The molecular weight excluding hydrogens is 130 g/mol. The standard InChI is InChI=1S/C7H15NO2/c1-4-6-8(9)7(3)10-5-2/h4,7,9H,1,5-6H2,2-3H3. The minimum atomic E-state index is -0.247. The summed E-state index contributed by atoms with van der Waals surface area (Å²) in [5.41, 5.74) is 0. The van der Waals surface area contributed by atoms with Gasteiger partial charge in [0.15, 0.2) is 0 Å². The van der Waals surface area contributed by atoms with Crippen LogP contribution in [-0.4, -0.2) is 29.7 Å². The van der Waals surface area contributed by atoms with E-state index < -0.39 is 0 Å². The van der Waals surface area contributed by atoms with Gasteiger partial charge in [-0.1, -0.05) is 6.08 Å². The second-order valence-corrected chi connectivity index (χ2v) is 1.97. The van der Waals surface area contributed by atoms with Gasteiger partial charge in [-0.3, -0.25) is 0 Å². The summed E-state index contributed by atoms with van der Waals surface area (Å²) < 4.78 is 5.08. The van der Waals surface area contributed by atoms with Crippen molar-refractivity contribution in [2.24, 2.45) is 0 Å². The Bertz CT molecular complexity index is 95.6. The Hall–Kier alpha value is -0.380. The first kappa shape index (κ1) is 9.62. The molecule has 60 valence electrons. The maximum absolute atomic E-state index is 9.09. The summed E-state index contributed by atoms with van der Waals surface area (Å²) in [7, 11) is 0. The van der Waals surface area contributed by atoms with E-state index in [0.29, 0.717) is 13.2 Å². The van der Waals surface area contributed by atoms with E-state index in [2.05, 4.69) is 6.58 Å². The highest BCUT2D eigenvalue weighted by Gasteiger charge is 2.06. The first-order chi connectivity index (χ1) is 4.72. The molecule has 0 amide bonds. The molecule has 0 heterocycles. The van der Waals surface area contributed by atoms with Crippen molar-refractivity contribution < 1.29 is 9.94 Å². The van der Waals surface area contributed by atoms with Crippen LogP contribution >= 0.6 is 0 Å². The van der Waals surface area contributed by atoms with Gasteiger partial charge < -0.3 is 9.94 Å². The maximum Gasteiger partial charge on any atom is 0.130 e. The van der Waals surface area contributed by atoms with E-state index in [9.17, 15) is 0 Å². The summed E-state index contributed by atoms with van der Waals surface area (Å²) in [6.07, 6.45) is 1.37. The molecular formula is C7H15NO2. The van der Waals surface area contributed by atoms with Gasteiger partial charge in [0.1, 0.15) is 6.23 Å². The van der Waals surface area contributed by atoms with Crippen LogP contribution in [0.3, 0.4) is 0 Å². The van der Waals surface area contributed by atoms with E-state index in [0.717, 1.165) is 5.06 Å². The molecule has 0 aliphatic carbocycles. The van der Waals surface area contributed by atoms with Gasteiger partial charge in [0.2, 0.25) is 0 Å². The van der Waals surface area contributed by atoms with E-state index in [1.807, 2.05) is 6.92 Å². The van der Waals surface area contributed by atoms with Gasteiger partial charge in [-0.25, -0.2) is 0 Å².